The molecule has 0 saturated carbocycles. The summed E-state index contributed by atoms with van der Waals surface area (Å²) in [6, 6.07) is 0.361. The highest BCUT2D eigenvalue weighted by Gasteiger charge is 2.18. The smallest absolute Gasteiger partial charge is 0.273 e. The molecule has 23 heavy (non-hydrogen) atoms. The van der Waals surface area contributed by atoms with E-state index in [-0.39, 0.29) is 5.91 Å². The standard InChI is InChI=1S/C16H30N6O/c1-3-21(4-2)12-6-5-9-18-16(23)15-13-22(20-19-15)14-7-10-17-11-8-14/h13-14,17H,3-12H2,1-2H3,(H,18,23). The summed E-state index contributed by atoms with van der Waals surface area (Å²) in [5, 5.41) is 14.4. The van der Waals surface area contributed by atoms with Gasteiger partial charge in [0.15, 0.2) is 5.69 Å². The second-order valence-corrected chi connectivity index (χ2v) is 6.05. The first-order valence-corrected chi connectivity index (χ1v) is 8.87. The normalized spacial score (nSPS) is 16.0. The molecule has 1 amide bonds. The highest BCUT2D eigenvalue weighted by atomic mass is 16.2. The second kappa shape index (κ2) is 9.62. The fraction of sp³-hybridized carbons (Fsp3) is 0.812. The summed E-state index contributed by atoms with van der Waals surface area (Å²) in [7, 11) is 0. The van der Waals surface area contributed by atoms with E-state index in [2.05, 4.69) is 39.7 Å². The summed E-state index contributed by atoms with van der Waals surface area (Å²) < 4.78 is 1.84. The minimum atomic E-state index is -0.118. The Morgan fingerprint density at radius 1 is 1.35 bits per heavy atom. The fourth-order valence-corrected chi connectivity index (χ4v) is 2.92. The fourth-order valence-electron chi connectivity index (χ4n) is 2.92. The van der Waals surface area contributed by atoms with Gasteiger partial charge in [-0.3, -0.25) is 4.79 Å². The quantitative estimate of drug-likeness (QED) is 0.665. The molecule has 0 unspecified atom stereocenters. The van der Waals surface area contributed by atoms with Crippen LogP contribution in [0.5, 0.6) is 0 Å². The van der Waals surface area contributed by atoms with E-state index in [1.54, 1.807) is 6.20 Å². The molecule has 0 spiro atoms. The number of rotatable bonds is 9. The molecule has 1 aromatic rings. The van der Waals surface area contributed by atoms with Gasteiger partial charge in [0, 0.05) is 6.54 Å². The predicted molar refractivity (Wildman–Crippen MR) is 90.5 cm³/mol. The molecule has 2 rings (SSSR count). The average Bonchev–Trinajstić information content (AvgIpc) is 3.09. The molecule has 130 valence electrons. The van der Waals surface area contributed by atoms with Gasteiger partial charge in [0.25, 0.3) is 5.91 Å². The van der Waals surface area contributed by atoms with Crippen LogP contribution in [0.1, 0.15) is 56.1 Å². The second-order valence-electron chi connectivity index (χ2n) is 6.05. The molecule has 7 nitrogen and oxygen atoms in total. The Balaban J connectivity index is 1.68. The van der Waals surface area contributed by atoms with E-state index in [1.807, 2.05) is 4.68 Å². The number of piperidine rings is 1. The number of nitrogens with one attached hydrogen (secondary N) is 2. The van der Waals surface area contributed by atoms with Crippen molar-refractivity contribution in [2.75, 3.05) is 39.3 Å². The van der Waals surface area contributed by atoms with Gasteiger partial charge < -0.3 is 15.5 Å². The molecular weight excluding hydrogens is 292 g/mol. The van der Waals surface area contributed by atoms with Crippen molar-refractivity contribution in [3.8, 4) is 0 Å². The van der Waals surface area contributed by atoms with Crippen molar-refractivity contribution >= 4 is 5.91 Å². The minimum absolute atomic E-state index is 0.118. The van der Waals surface area contributed by atoms with Crippen LogP contribution in [-0.2, 0) is 0 Å². The summed E-state index contributed by atoms with van der Waals surface area (Å²) in [4.78, 5) is 14.5. The van der Waals surface area contributed by atoms with Crippen molar-refractivity contribution in [1.82, 2.24) is 30.5 Å². The van der Waals surface area contributed by atoms with Crippen LogP contribution < -0.4 is 10.6 Å². The summed E-state index contributed by atoms with van der Waals surface area (Å²) in [5.41, 5.74) is 0.423. The summed E-state index contributed by atoms with van der Waals surface area (Å²) in [6.45, 7) is 10.3. The number of hydrogen-bond acceptors (Lipinski definition) is 5. The van der Waals surface area contributed by atoms with Crippen LogP contribution in [0.25, 0.3) is 0 Å². The zero-order valence-corrected chi connectivity index (χ0v) is 14.4. The van der Waals surface area contributed by atoms with Crippen LogP contribution in [0.2, 0.25) is 0 Å². The van der Waals surface area contributed by atoms with Crippen LogP contribution in [0, 0.1) is 0 Å². The van der Waals surface area contributed by atoms with Crippen molar-refractivity contribution in [1.29, 1.82) is 0 Å². The lowest BCUT2D eigenvalue weighted by atomic mass is 10.1. The summed E-state index contributed by atoms with van der Waals surface area (Å²) in [5.74, 6) is -0.118. The lowest BCUT2D eigenvalue weighted by Gasteiger charge is -2.22. The van der Waals surface area contributed by atoms with Gasteiger partial charge in [-0.15, -0.1) is 5.10 Å². The van der Waals surface area contributed by atoms with Crippen molar-refractivity contribution in [3.63, 3.8) is 0 Å². The molecule has 0 radical (unpaired) electrons. The van der Waals surface area contributed by atoms with Gasteiger partial charge in [-0.25, -0.2) is 4.68 Å². The van der Waals surface area contributed by atoms with E-state index >= 15 is 0 Å². The molecule has 1 saturated heterocycles. The largest absolute Gasteiger partial charge is 0.351 e. The van der Waals surface area contributed by atoms with Gasteiger partial charge in [0.2, 0.25) is 0 Å². The third kappa shape index (κ3) is 5.58. The Kier molecular flexibility index (Phi) is 7.48. The summed E-state index contributed by atoms with van der Waals surface area (Å²) in [6.07, 6.45) is 5.95. The molecule has 1 fully saturated rings. The lowest BCUT2D eigenvalue weighted by Crippen LogP contribution is -2.29. The van der Waals surface area contributed by atoms with Crippen LogP contribution in [0.4, 0.5) is 0 Å². The number of carbonyl (C=O) groups excluding carboxylic acids is 1. The topological polar surface area (TPSA) is 75.1 Å². The van der Waals surface area contributed by atoms with Crippen molar-refractivity contribution in [2.45, 2.75) is 45.6 Å². The molecule has 1 aliphatic heterocycles. The van der Waals surface area contributed by atoms with Gasteiger partial charge in [0.05, 0.1) is 12.2 Å². The Hall–Kier alpha value is -1.47. The first-order chi connectivity index (χ1) is 11.2. The Morgan fingerprint density at radius 2 is 2.09 bits per heavy atom. The lowest BCUT2D eigenvalue weighted by molar-refractivity contribution is 0.0947. The molecule has 7 heteroatoms. The van der Waals surface area contributed by atoms with Crippen LogP contribution in [0.15, 0.2) is 6.20 Å². The molecule has 0 aromatic carbocycles. The first kappa shape index (κ1) is 17.9. The van der Waals surface area contributed by atoms with E-state index in [9.17, 15) is 4.79 Å². The number of hydrogen-bond donors (Lipinski definition) is 2. The number of carbonyl (C=O) groups is 1. The molecule has 2 heterocycles. The Morgan fingerprint density at radius 3 is 2.78 bits per heavy atom. The van der Waals surface area contributed by atoms with E-state index in [0.29, 0.717) is 18.3 Å². The molecule has 0 bridgehead atoms. The van der Waals surface area contributed by atoms with Gasteiger partial charge in [0.1, 0.15) is 0 Å². The maximum Gasteiger partial charge on any atom is 0.273 e. The van der Waals surface area contributed by atoms with Crippen molar-refractivity contribution in [2.24, 2.45) is 0 Å². The van der Waals surface area contributed by atoms with Crippen LogP contribution in [0.3, 0.4) is 0 Å². The number of aromatic nitrogens is 3. The van der Waals surface area contributed by atoms with Crippen LogP contribution >= 0.6 is 0 Å². The highest BCUT2D eigenvalue weighted by molar-refractivity contribution is 5.91. The molecule has 0 atom stereocenters. The average molecular weight is 322 g/mol. The third-order valence-corrected chi connectivity index (χ3v) is 4.51. The van der Waals surface area contributed by atoms with Gasteiger partial charge in [-0.05, 0) is 58.4 Å². The van der Waals surface area contributed by atoms with E-state index in [1.165, 1.54) is 0 Å². The molecule has 0 aliphatic carbocycles. The van der Waals surface area contributed by atoms with Crippen LogP contribution in [-0.4, -0.2) is 65.1 Å². The zero-order valence-electron chi connectivity index (χ0n) is 14.4. The maximum atomic E-state index is 12.1. The SMILES string of the molecule is CCN(CC)CCCCNC(=O)c1cn(C2CCNCC2)nn1. The Bertz CT molecular complexity index is 465. The highest BCUT2D eigenvalue weighted by Crippen LogP contribution is 2.16. The number of nitrogens with zero attached hydrogens (tertiary/aromatic N) is 4. The Labute approximate surface area is 138 Å². The molecule has 1 aromatic heterocycles. The van der Waals surface area contributed by atoms with E-state index < -0.39 is 0 Å². The van der Waals surface area contributed by atoms with Gasteiger partial charge in [-0.2, -0.15) is 0 Å². The van der Waals surface area contributed by atoms with Crippen molar-refractivity contribution in [3.05, 3.63) is 11.9 Å². The van der Waals surface area contributed by atoms with Gasteiger partial charge in [-0.1, -0.05) is 19.1 Å². The number of amides is 1. The van der Waals surface area contributed by atoms with E-state index in [0.717, 1.165) is 58.4 Å². The van der Waals surface area contributed by atoms with Crippen molar-refractivity contribution < 1.29 is 4.79 Å². The van der Waals surface area contributed by atoms with E-state index in [4.69, 9.17) is 0 Å². The maximum absolute atomic E-state index is 12.1. The first-order valence-electron chi connectivity index (χ1n) is 8.87. The monoisotopic (exact) mass is 322 g/mol. The number of unbranched alkanes of at least 4 members (excludes halogenated alkanes) is 1. The molecular formula is C16H30N6O. The third-order valence-electron chi connectivity index (χ3n) is 4.51. The zero-order chi connectivity index (χ0) is 16.5. The molecule has 2 N–H and O–H groups in total. The minimum Gasteiger partial charge on any atom is -0.351 e. The van der Waals surface area contributed by atoms with Gasteiger partial charge >= 0.3 is 0 Å². The summed E-state index contributed by atoms with van der Waals surface area (Å²) >= 11 is 0. The molecule has 1 aliphatic rings. The predicted octanol–water partition coefficient (Wildman–Crippen LogP) is 1.05.